The first-order valence-electron chi connectivity index (χ1n) is 7.83. The molecule has 2 unspecified atom stereocenters. The average Bonchev–Trinajstić information content (AvgIpc) is 3.03. The maximum atomic E-state index is 5.84. The summed E-state index contributed by atoms with van der Waals surface area (Å²) in [7, 11) is 3.51. The molecule has 3 heterocycles. The van der Waals surface area contributed by atoms with Gasteiger partial charge in [-0.2, -0.15) is 0 Å². The summed E-state index contributed by atoms with van der Waals surface area (Å²) in [6, 6.07) is 5.67. The van der Waals surface area contributed by atoms with Crippen LogP contribution in [-0.4, -0.2) is 42.1 Å². The first kappa shape index (κ1) is 18.6. The Hall–Kier alpha value is -2.23. The lowest BCUT2D eigenvalue weighted by Gasteiger charge is -2.20. The van der Waals surface area contributed by atoms with E-state index < -0.39 is 0 Å². The zero-order chi connectivity index (χ0) is 18.5. The Labute approximate surface area is 160 Å². The third-order valence-electron chi connectivity index (χ3n) is 3.68. The lowest BCUT2D eigenvalue weighted by atomic mass is 10.2. The van der Waals surface area contributed by atoms with Crippen molar-refractivity contribution >= 4 is 29.5 Å². The molecule has 136 valence electrons. The second-order valence-corrected chi connectivity index (χ2v) is 7.08. The molecular formula is C16H18ClN7OS. The van der Waals surface area contributed by atoms with Gasteiger partial charge in [-0.05, 0) is 31.0 Å². The molecule has 8 nitrogen and oxygen atoms in total. The molecule has 0 aliphatic heterocycles. The smallest absolute Gasteiger partial charge is 0.234 e. The summed E-state index contributed by atoms with van der Waals surface area (Å²) < 4.78 is 10.6. The van der Waals surface area contributed by atoms with E-state index in [4.69, 9.17) is 16.3 Å². The van der Waals surface area contributed by atoms with Crippen LogP contribution in [0.4, 0.5) is 5.95 Å². The second kappa shape index (κ2) is 8.43. The largest absolute Gasteiger partial charge is 0.372 e. The van der Waals surface area contributed by atoms with E-state index in [1.165, 1.54) is 11.9 Å². The number of halogens is 1. The fraction of sp³-hybridized carbons (Fsp3) is 0.312. The number of hydrogen-bond acceptors (Lipinski definition) is 8. The Balaban J connectivity index is 1.68. The number of ether oxygens (including phenoxy) is 1. The molecule has 3 rings (SSSR count). The lowest BCUT2D eigenvalue weighted by Crippen LogP contribution is -2.18. The highest BCUT2D eigenvalue weighted by Gasteiger charge is 2.23. The van der Waals surface area contributed by atoms with Gasteiger partial charge in [0.25, 0.3) is 0 Å². The van der Waals surface area contributed by atoms with Crippen LogP contribution in [0, 0.1) is 0 Å². The molecule has 10 heteroatoms. The van der Waals surface area contributed by atoms with Gasteiger partial charge in [0.15, 0.2) is 11.6 Å². The van der Waals surface area contributed by atoms with Crippen molar-refractivity contribution < 1.29 is 4.74 Å². The van der Waals surface area contributed by atoms with E-state index in [-0.39, 0.29) is 11.4 Å². The van der Waals surface area contributed by atoms with Gasteiger partial charge in [0.1, 0.15) is 11.8 Å². The standard InChI is InChI=1S/C16H18ClN7OS/c1-10(13(25-3)14-19-8-11(17)9-20-14)26-23-16-22-21-15(24(16)2)12-6-4-5-7-18-12/h4-10,13H,1-3H3,(H,22,23). The zero-order valence-corrected chi connectivity index (χ0v) is 16.1. The van der Waals surface area contributed by atoms with E-state index in [1.54, 1.807) is 25.7 Å². The second-order valence-electron chi connectivity index (χ2n) is 5.46. The van der Waals surface area contributed by atoms with Crippen LogP contribution in [0.5, 0.6) is 0 Å². The molecule has 0 amide bonds. The van der Waals surface area contributed by atoms with Crippen molar-refractivity contribution in [3.05, 3.63) is 47.6 Å². The lowest BCUT2D eigenvalue weighted by molar-refractivity contribution is 0.0972. The van der Waals surface area contributed by atoms with Gasteiger partial charge in [-0.25, -0.2) is 9.97 Å². The van der Waals surface area contributed by atoms with Gasteiger partial charge >= 0.3 is 0 Å². The molecule has 0 aliphatic rings. The Morgan fingerprint density at radius 2 is 1.96 bits per heavy atom. The predicted molar refractivity (Wildman–Crippen MR) is 102 cm³/mol. The van der Waals surface area contributed by atoms with Crippen molar-refractivity contribution in [3.63, 3.8) is 0 Å². The molecule has 0 saturated carbocycles. The van der Waals surface area contributed by atoms with Crippen LogP contribution in [0.15, 0.2) is 36.8 Å². The first-order valence-corrected chi connectivity index (χ1v) is 9.08. The molecule has 3 aromatic rings. The summed E-state index contributed by atoms with van der Waals surface area (Å²) in [6.45, 7) is 2.01. The highest BCUT2D eigenvalue weighted by molar-refractivity contribution is 8.01. The molecule has 0 aliphatic carbocycles. The van der Waals surface area contributed by atoms with Gasteiger partial charge in [-0.1, -0.05) is 17.7 Å². The van der Waals surface area contributed by atoms with Crippen LogP contribution in [0.2, 0.25) is 5.02 Å². The number of nitrogens with zero attached hydrogens (tertiary/aromatic N) is 6. The number of aromatic nitrogens is 6. The molecule has 26 heavy (non-hydrogen) atoms. The number of rotatable bonds is 7. The summed E-state index contributed by atoms with van der Waals surface area (Å²) in [5, 5.41) is 8.89. The zero-order valence-electron chi connectivity index (χ0n) is 14.5. The van der Waals surface area contributed by atoms with Crippen LogP contribution in [0.25, 0.3) is 11.5 Å². The fourth-order valence-electron chi connectivity index (χ4n) is 2.32. The van der Waals surface area contributed by atoms with Crippen molar-refractivity contribution in [1.29, 1.82) is 0 Å². The molecule has 0 fully saturated rings. The molecular weight excluding hydrogens is 374 g/mol. The van der Waals surface area contributed by atoms with Crippen molar-refractivity contribution in [1.82, 2.24) is 29.7 Å². The summed E-state index contributed by atoms with van der Waals surface area (Å²) in [4.78, 5) is 12.8. The number of methoxy groups -OCH3 is 1. The summed E-state index contributed by atoms with van der Waals surface area (Å²) in [6.07, 6.45) is 4.54. The van der Waals surface area contributed by atoms with Gasteiger partial charge in [0.05, 0.1) is 10.3 Å². The molecule has 0 bridgehead atoms. The van der Waals surface area contributed by atoms with Gasteiger partial charge in [0, 0.05) is 32.7 Å². The van der Waals surface area contributed by atoms with Gasteiger partial charge in [-0.15, -0.1) is 10.2 Å². The first-order chi connectivity index (χ1) is 12.6. The summed E-state index contributed by atoms with van der Waals surface area (Å²) in [5.41, 5.74) is 0.762. The summed E-state index contributed by atoms with van der Waals surface area (Å²) >= 11 is 7.30. The van der Waals surface area contributed by atoms with Crippen LogP contribution in [-0.2, 0) is 11.8 Å². The SMILES string of the molecule is COC(c1ncc(Cl)cn1)C(C)SNc1nnc(-c2ccccn2)n1C. The molecule has 0 spiro atoms. The van der Waals surface area contributed by atoms with Crippen LogP contribution in [0.3, 0.4) is 0 Å². The maximum Gasteiger partial charge on any atom is 0.234 e. The Morgan fingerprint density at radius 3 is 2.62 bits per heavy atom. The molecule has 0 radical (unpaired) electrons. The van der Waals surface area contributed by atoms with Crippen molar-refractivity contribution in [3.8, 4) is 11.5 Å². The van der Waals surface area contributed by atoms with E-state index in [9.17, 15) is 0 Å². The number of nitrogens with one attached hydrogen (secondary N) is 1. The van der Waals surface area contributed by atoms with E-state index in [0.29, 0.717) is 22.6 Å². The van der Waals surface area contributed by atoms with E-state index >= 15 is 0 Å². The maximum absolute atomic E-state index is 5.84. The Kier molecular flexibility index (Phi) is 6.02. The highest BCUT2D eigenvalue weighted by atomic mass is 35.5. The third kappa shape index (κ3) is 4.12. The fourth-order valence-corrected chi connectivity index (χ4v) is 3.24. The monoisotopic (exact) mass is 391 g/mol. The van der Waals surface area contributed by atoms with Crippen molar-refractivity contribution in [2.45, 2.75) is 18.3 Å². The average molecular weight is 392 g/mol. The Morgan fingerprint density at radius 1 is 1.19 bits per heavy atom. The van der Waals surface area contributed by atoms with Crippen LogP contribution >= 0.6 is 23.5 Å². The minimum Gasteiger partial charge on any atom is -0.372 e. The van der Waals surface area contributed by atoms with E-state index in [0.717, 1.165) is 5.69 Å². The van der Waals surface area contributed by atoms with Gasteiger partial charge in [0.2, 0.25) is 5.95 Å². The summed E-state index contributed by atoms with van der Waals surface area (Å²) in [5.74, 6) is 1.88. The predicted octanol–water partition coefficient (Wildman–Crippen LogP) is 3.16. The van der Waals surface area contributed by atoms with Gasteiger partial charge in [-0.3, -0.25) is 14.3 Å². The molecule has 1 N–H and O–H groups in total. The normalized spacial score (nSPS) is 13.4. The minimum atomic E-state index is -0.298. The van der Waals surface area contributed by atoms with Crippen LogP contribution < -0.4 is 4.72 Å². The number of hydrogen-bond donors (Lipinski definition) is 1. The quantitative estimate of drug-likeness (QED) is 0.614. The van der Waals surface area contributed by atoms with Crippen LogP contribution in [0.1, 0.15) is 18.9 Å². The highest BCUT2D eigenvalue weighted by Crippen LogP contribution is 2.28. The molecule has 2 atom stereocenters. The van der Waals surface area contributed by atoms with E-state index in [1.807, 2.05) is 36.7 Å². The number of pyridine rings is 1. The van der Waals surface area contributed by atoms with Crippen molar-refractivity contribution in [2.75, 3.05) is 11.8 Å². The van der Waals surface area contributed by atoms with Crippen molar-refractivity contribution in [2.24, 2.45) is 7.05 Å². The molecule has 3 aromatic heterocycles. The topological polar surface area (TPSA) is 90.6 Å². The third-order valence-corrected chi connectivity index (χ3v) is 4.79. The minimum absolute atomic E-state index is 0.0103. The van der Waals surface area contributed by atoms with E-state index in [2.05, 4.69) is 29.9 Å². The molecule has 0 aromatic carbocycles. The molecule has 0 saturated heterocycles. The van der Waals surface area contributed by atoms with Gasteiger partial charge < -0.3 is 4.74 Å². The number of anilines is 1. The Bertz CT molecular complexity index is 844.